The molecule has 24 nitrogen and oxygen atoms in total. The largest absolute Gasteiger partial charge is 0.418 e. The SMILES string of the molecule is C=C(C)c1ccc2cncn2c1C(O)C1CCCCC1.CC(C)c1ccc2cncn2c1C(O)C1CCCCC1.OC(CC1CCCCC1)c1c(C2CC2)ccc2cncn12.OC(c1c(C(F)(F)F)ccc2cncn12)C1CC1.OC(c1c(C(F)(F)F)ccc2cncn12)C1CCCC1.OC(c1c(C2CC2)ccc2cncn12)C1CC1.OC(c1c(C2CC2)ccc2cncn12)C1CCCC1.OC(c1c(I)ccc2cncn12)C1CC1. The van der Waals surface area contributed by atoms with Gasteiger partial charge >= 0.3 is 12.4 Å². The number of fused-ring (bicyclic) bond motifs is 8. The van der Waals surface area contributed by atoms with Gasteiger partial charge in [0.15, 0.2) is 0 Å². The molecule has 0 saturated heterocycles. The fourth-order valence-corrected chi connectivity index (χ4v) is 25.0. The average Bonchev–Trinajstić information content (AvgIpc) is 1.64. The van der Waals surface area contributed by atoms with Gasteiger partial charge in [-0.1, -0.05) is 147 Å². The normalized spacial score (nSPS) is 19.8. The highest BCUT2D eigenvalue weighted by molar-refractivity contribution is 14.1. The van der Waals surface area contributed by atoms with Gasteiger partial charge in [-0.25, -0.2) is 39.9 Å². The monoisotopic (exact) mass is 2170 g/mol. The highest BCUT2D eigenvalue weighted by Crippen LogP contribution is 2.53. The number of rotatable bonds is 22. The van der Waals surface area contributed by atoms with E-state index < -0.39 is 41.8 Å². The molecule has 0 spiro atoms. The third-order valence-corrected chi connectivity index (χ3v) is 34.4. The molecule has 0 bridgehead atoms. The number of imidazole rings is 8. The molecule has 11 fully saturated rings. The Balaban J connectivity index is 0.000000104. The predicted molar refractivity (Wildman–Crippen MR) is 575 cm³/mol. The molecule has 31 heteroatoms. The van der Waals surface area contributed by atoms with Crippen LogP contribution in [0.3, 0.4) is 0 Å². The molecule has 16 aromatic heterocycles. The first-order valence-electron chi connectivity index (χ1n) is 55.1. The summed E-state index contributed by atoms with van der Waals surface area (Å²) < 4.78 is 94.7. The minimum absolute atomic E-state index is 0.0703. The van der Waals surface area contributed by atoms with Crippen molar-refractivity contribution >= 4 is 72.3 Å². The van der Waals surface area contributed by atoms with Crippen LogP contribution in [0.4, 0.5) is 26.3 Å². The maximum absolute atomic E-state index is 13.2. The Morgan fingerprint density at radius 1 is 0.293 bits per heavy atom. The maximum atomic E-state index is 13.2. The molecule has 0 radical (unpaired) electrons. The third-order valence-electron chi connectivity index (χ3n) is 33.5. The number of halogens is 7. The number of pyridine rings is 8. The lowest BCUT2D eigenvalue weighted by Crippen LogP contribution is -2.20. The van der Waals surface area contributed by atoms with Crippen LogP contribution < -0.4 is 0 Å². The number of aromatic nitrogens is 16. The molecule has 8 atom stereocenters. The van der Waals surface area contributed by atoms with Crippen molar-refractivity contribution in [2.45, 2.75) is 337 Å². The van der Waals surface area contributed by atoms with Crippen molar-refractivity contribution in [3.8, 4) is 0 Å². The van der Waals surface area contributed by atoms with Crippen LogP contribution in [-0.2, 0) is 12.4 Å². The van der Waals surface area contributed by atoms with Crippen molar-refractivity contribution in [3.05, 3.63) is 292 Å². The van der Waals surface area contributed by atoms with Crippen molar-refractivity contribution in [2.24, 2.45) is 47.3 Å². The molecule has 150 heavy (non-hydrogen) atoms. The van der Waals surface area contributed by atoms with E-state index >= 15 is 0 Å². The highest BCUT2D eigenvalue weighted by Gasteiger charge is 2.45. The molecular weight excluding hydrogens is 2020 g/mol. The van der Waals surface area contributed by atoms with Gasteiger partial charge in [0.2, 0.25) is 0 Å². The molecule has 8 unspecified atom stereocenters. The van der Waals surface area contributed by atoms with Crippen LogP contribution in [0.25, 0.3) is 49.7 Å². The van der Waals surface area contributed by atoms with E-state index in [1.165, 1.54) is 190 Å². The summed E-state index contributed by atoms with van der Waals surface area (Å²) in [5.74, 6) is 5.04. The van der Waals surface area contributed by atoms with Gasteiger partial charge in [0.1, 0.15) is 0 Å². The van der Waals surface area contributed by atoms with Gasteiger partial charge in [0, 0.05) is 3.57 Å². The Bertz CT molecular complexity index is 7260. The third kappa shape index (κ3) is 24.1. The molecular formula is C119H143F6IN16O8. The zero-order chi connectivity index (χ0) is 104. The Morgan fingerprint density at radius 2 is 0.540 bits per heavy atom. The second-order valence-electron chi connectivity index (χ2n) is 44.7. The Hall–Kier alpha value is -10.8. The number of hydrogen-bond acceptors (Lipinski definition) is 16. The number of hydrogen-bond donors (Lipinski definition) is 8. The van der Waals surface area contributed by atoms with Crippen LogP contribution in [0.15, 0.2) is 204 Å². The van der Waals surface area contributed by atoms with E-state index in [0.717, 1.165) is 203 Å². The zero-order valence-corrected chi connectivity index (χ0v) is 88.2. The first-order chi connectivity index (χ1) is 72.6. The molecule has 16 heterocycles. The number of allylic oxidation sites excluding steroid dienone is 1. The zero-order valence-electron chi connectivity index (χ0n) is 86.1. The van der Waals surface area contributed by atoms with Crippen molar-refractivity contribution in [1.82, 2.24) is 75.1 Å². The van der Waals surface area contributed by atoms with Gasteiger partial charge in [0.05, 0.1) is 250 Å². The number of nitrogens with zero attached hydrogens (tertiary/aromatic N) is 16. The minimum Gasteiger partial charge on any atom is -0.387 e. The van der Waals surface area contributed by atoms with Crippen LogP contribution in [0.2, 0.25) is 0 Å². The Morgan fingerprint density at radius 3 is 0.867 bits per heavy atom. The highest BCUT2D eigenvalue weighted by atomic mass is 127. The minimum atomic E-state index is -4.48. The van der Waals surface area contributed by atoms with E-state index in [-0.39, 0.29) is 53.7 Å². The summed E-state index contributed by atoms with van der Waals surface area (Å²) in [6, 6.07) is 30.2. The lowest BCUT2D eigenvalue weighted by Gasteiger charge is -2.29. The quantitative estimate of drug-likeness (QED) is 0.0231. The van der Waals surface area contributed by atoms with Crippen molar-refractivity contribution in [1.29, 1.82) is 0 Å². The van der Waals surface area contributed by atoms with Crippen LogP contribution >= 0.6 is 22.6 Å². The van der Waals surface area contributed by atoms with Gasteiger partial charge in [-0.15, -0.1) is 0 Å². The van der Waals surface area contributed by atoms with E-state index in [4.69, 9.17) is 0 Å². The number of aliphatic hydroxyl groups excluding tert-OH is 8. The second kappa shape index (κ2) is 46.7. The van der Waals surface area contributed by atoms with Gasteiger partial charge < -0.3 is 58.5 Å². The molecule has 16 aromatic rings. The summed E-state index contributed by atoms with van der Waals surface area (Å²) in [5.41, 5.74) is 19.5. The molecule has 11 saturated carbocycles. The topological polar surface area (TPSA) is 300 Å². The molecule has 11 aliphatic rings. The number of alkyl halides is 6. The van der Waals surface area contributed by atoms with E-state index in [1.54, 1.807) is 12.7 Å². The second-order valence-corrected chi connectivity index (χ2v) is 45.8. The summed E-state index contributed by atoms with van der Waals surface area (Å²) in [7, 11) is 0. The van der Waals surface area contributed by atoms with Crippen LogP contribution in [-0.4, -0.2) is 116 Å². The summed E-state index contributed by atoms with van der Waals surface area (Å²) in [6.07, 6.45) is 56.1. The fraction of sp³-hybridized carbons (Fsp3) is 0.513. The molecule has 27 rings (SSSR count). The first kappa shape index (κ1) is 106. The standard InChI is InChI=1S/C18H24N2O.C17H24N2O.C17H22N2O.C16H20N2O.C14H15F3N2O.C14H16N2O.C12H11F3N2O.C11H11IN2O/c21-17(10-13-4-2-1-3-5-13)18-16(14-6-7-14)9-8-15-11-19-12-20(15)18;2*1-12(2)15-9-8-14-10-18-11-19(14)16(15)17(20)13-6-4-3-5-7-13;19-16(12-3-1-2-4-12)15-14(11-5-6-11)8-7-13-9-17-10-18(13)15;15-14(16,17)11-6-5-10-7-18-8-19(10)12(11)13(20)9-3-1-2-4-9;17-14(10-3-4-10)13-12(9-1-2-9)6-5-11-7-15-8-16(11)13;13-12(14,15)9-4-3-8-5-16-6-17(8)10(9)11(18)7-1-2-7;12-9-4-3-8-5-13-6-14(8)10(9)11(15)7-1-2-7/h8-9,11-14,17,21H,1-7,10H2;8-13,17,20H,3-7H2,1-2H3;8-11,13,17,20H,1,3-7H2,2H3;7-12,16,19H,1-6H2;5-9,13,20H,1-4H2;5-10,14,17H,1-4H2;3-7,11,18H,1-2H2;3-7,11,15H,1-2H2. The van der Waals surface area contributed by atoms with Crippen molar-refractivity contribution in [3.63, 3.8) is 0 Å². The molecule has 0 amide bonds. The predicted octanol–water partition coefficient (Wildman–Crippen LogP) is 27.1. The van der Waals surface area contributed by atoms with Crippen LogP contribution in [0.1, 0.15) is 409 Å². The number of aliphatic hydroxyl groups is 8. The van der Waals surface area contributed by atoms with Crippen LogP contribution in [0.5, 0.6) is 0 Å². The Labute approximate surface area is 884 Å². The summed E-state index contributed by atoms with van der Waals surface area (Å²) in [5, 5.41) is 84.8. The molecule has 0 aromatic carbocycles. The molecule has 796 valence electrons. The maximum Gasteiger partial charge on any atom is 0.418 e. The lowest BCUT2D eigenvalue weighted by atomic mass is 9.82. The summed E-state index contributed by atoms with van der Waals surface area (Å²) in [6.45, 7) is 10.4. The van der Waals surface area contributed by atoms with E-state index in [1.807, 2.05) is 96.4 Å². The lowest BCUT2D eigenvalue weighted by molar-refractivity contribution is -0.140. The summed E-state index contributed by atoms with van der Waals surface area (Å²) >= 11 is 2.27. The van der Waals surface area contributed by atoms with Gasteiger partial charge in [-0.2, -0.15) is 26.3 Å². The van der Waals surface area contributed by atoms with E-state index in [0.29, 0.717) is 70.2 Å². The Kier molecular flexibility index (Phi) is 33.1. The molecule has 8 N–H and O–H groups in total. The van der Waals surface area contributed by atoms with E-state index in [9.17, 15) is 67.2 Å². The van der Waals surface area contributed by atoms with E-state index in [2.05, 4.69) is 155 Å². The van der Waals surface area contributed by atoms with Gasteiger partial charge in [0.25, 0.3) is 0 Å². The van der Waals surface area contributed by atoms with Gasteiger partial charge in [-0.05, 0) is 335 Å². The van der Waals surface area contributed by atoms with Crippen molar-refractivity contribution < 1.29 is 67.2 Å². The van der Waals surface area contributed by atoms with Crippen LogP contribution in [0, 0.1) is 50.9 Å². The molecule has 0 aliphatic heterocycles. The molecule has 11 aliphatic carbocycles. The van der Waals surface area contributed by atoms with Crippen molar-refractivity contribution in [2.75, 3.05) is 0 Å². The van der Waals surface area contributed by atoms with Gasteiger partial charge in [-0.3, -0.25) is 17.6 Å². The average molecular weight is 2170 g/mol. The fourth-order valence-electron chi connectivity index (χ4n) is 24.3. The first-order valence-corrected chi connectivity index (χ1v) is 56.2. The summed E-state index contributed by atoms with van der Waals surface area (Å²) in [4.78, 5) is 33.0. The smallest absolute Gasteiger partial charge is 0.387 e.